The van der Waals surface area contributed by atoms with Gasteiger partial charge in [0.15, 0.2) is 28.2 Å². The van der Waals surface area contributed by atoms with Gasteiger partial charge in [0.1, 0.15) is 0 Å². The number of nitrogens with one attached hydrogen (secondary N) is 1. The van der Waals surface area contributed by atoms with Crippen LogP contribution in [0.4, 0.5) is 5.82 Å². The lowest BCUT2D eigenvalue weighted by atomic mass is 10.2. The zero-order chi connectivity index (χ0) is 33.6. The van der Waals surface area contributed by atoms with Crippen molar-refractivity contribution in [2.45, 2.75) is 11.9 Å². The Balaban J connectivity index is 2.00. The molecule has 4 aromatic rings. The van der Waals surface area contributed by atoms with Crippen LogP contribution in [0.3, 0.4) is 0 Å². The minimum Gasteiger partial charge on any atom is -0.493 e. The summed E-state index contributed by atoms with van der Waals surface area (Å²) in [4.78, 5) is 15.3. The standard InChI is InChI=1S/C23H21N5O5S/c1-15-8-9-19(25-14-15)34(29,30)28-22-20(33-18-7-5-4-6-17(18)31-2)23(32-3)27-21(26-22)16-10-12-24-13-11-16/h4-14H,1-3H3,(H,26,27,28)/i1D3,4D,5D,6D,7D,10D,11D,12D,13D. The van der Waals surface area contributed by atoms with Crippen LogP contribution in [0.15, 0.2) is 72.0 Å². The zero-order valence-corrected chi connectivity index (χ0v) is 18.3. The van der Waals surface area contributed by atoms with E-state index in [2.05, 4.69) is 24.7 Å². The lowest BCUT2D eigenvalue weighted by Crippen LogP contribution is -2.17. The molecule has 10 nitrogen and oxygen atoms in total. The molecule has 11 heteroatoms. The maximum absolute atomic E-state index is 13.4. The number of anilines is 1. The van der Waals surface area contributed by atoms with E-state index in [0.717, 1.165) is 32.5 Å². The van der Waals surface area contributed by atoms with E-state index < -0.39 is 111 Å². The summed E-state index contributed by atoms with van der Waals surface area (Å²) >= 11 is 0. The predicted octanol–water partition coefficient (Wildman–Crippen LogP) is 3.85. The fourth-order valence-corrected chi connectivity index (χ4v) is 3.44. The number of aryl methyl sites for hydroxylation is 1. The molecule has 0 aliphatic rings. The molecule has 0 saturated heterocycles. The summed E-state index contributed by atoms with van der Waals surface area (Å²) in [6.45, 7) is -2.58. The first-order valence-corrected chi connectivity index (χ1v) is 10.6. The summed E-state index contributed by atoms with van der Waals surface area (Å²) in [7, 11) is -2.56. The van der Waals surface area contributed by atoms with E-state index in [4.69, 9.17) is 29.3 Å². The Kier molecular flexibility index (Phi) is 3.67. The van der Waals surface area contributed by atoms with Crippen molar-refractivity contribution in [3.63, 3.8) is 0 Å². The highest BCUT2D eigenvalue weighted by molar-refractivity contribution is 7.92. The molecule has 1 aromatic carbocycles. The quantitative estimate of drug-likeness (QED) is 0.392. The van der Waals surface area contributed by atoms with E-state index in [1.54, 1.807) is 0 Å². The molecule has 0 amide bonds. The molecule has 0 aliphatic carbocycles. The SMILES string of the molecule is [2H]c1nc([2H])c([2H])c(-c2nc(NS(=O)(=O)c3ccc(C([2H])([2H])[2H])cn3)c(Oc3c([2H])c([2H])c([2H])c([2H])c3OC)c(OC)n2)c1[2H]. The number of benzene rings is 1. The van der Waals surface area contributed by atoms with Crippen molar-refractivity contribution >= 4 is 15.8 Å². The number of hydrogen-bond donors (Lipinski definition) is 1. The van der Waals surface area contributed by atoms with Gasteiger partial charge in [-0.25, -0.2) is 9.97 Å². The highest BCUT2D eigenvalue weighted by Crippen LogP contribution is 2.41. The highest BCUT2D eigenvalue weighted by atomic mass is 32.2. The van der Waals surface area contributed by atoms with Crippen LogP contribution >= 0.6 is 0 Å². The van der Waals surface area contributed by atoms with Crippen LogP contribution in [-0.4, -0.2) is 42.6 Å². The summed E-state index contributed by atoms with van der Waals surface area (Å²) in [5, 5.41) is -0.673. The molecule has 0 saturated carbocycles. The minimum atomic E-state index is -4.73. The summed E-state index contributed by atoms with van der Waals surface area (Å²) in [5.41, 5.74) is -0.743. The van der Waals surface area contributed by atoms with Gasteiger partial charge >= 0.3 is 0 Å². The van der Waals surface area contributed by atoms with Crippen LogP contribution in [0.1, 0.15) is 20.6 Å². The second kappa shape index (κ2) is 9.71. The third kappa shape index (κ3) is 4.89. The third-order valence-corrected chi connectivity index (χ3v) is 5.25. The number of sulfonamides is 1. The molecule has 0 fully saturated rings. The Morgan fingerprint density at radius 3 is 2.41 bits per heavy atom. The molecule has 0 radical (unpaired) electrons. The van der Waals surface area contributed by atoms with Gasteiger partial charge < -0.3 is 14.2 Å². The second-order valence-electron chi connectivity index (χ2n) is 6.15. The molecule has 4 rings (SSSR count). The first-order valence-electron chi connectivity index (χ1n) is 14.6. The predicted molar refractivity (Wildman–Crippen MR) is 125 cm³/mol. The average molecular weight is 491 g/mol. The summed E-state index contributed by atoms with van der Waals surface area (Å²) in [5.74, 6) is -3.68. The summed E-state index contributed by atoms with van der Waals surface area (Å²) < 4.78 is 132. The first kappa shape index (κ1) is 12.8. The molecule has 34 heavy (non-hydrogen) atoms. The number of pyridine rings is 2. The van der Waals surface area contributed by atoms with Gasteiger partial charge in [-0.15, -0.1) is 0 Å². The van der Waals surface area contributed by atoms with Gasteiger partial charge in [0.2, 0.25) is 5.75 Å². The Hall–Kier alpha value is -4.25. The number of methoxy groups -OCH3 is 2. The average Bonchev–Trinajstić information content (AvgIpc) is 2.98. The molecule has 3 aromatic heterocycles. The molecule has 0 aliphatic heterocycles. The van der Waals surface area contributed by atoms with Gasteiger partial charge in [-0.1, -0.05) is 18.2 Å². The monoisotopic (exact) mass is 490 g/mol. The topological polar surface area (TPSA) is 125 Å². The van der Waals surface area contributed by atoms with E-state index in [1.807, 2.05) is 0 Å². The van der Waals surface area contributed by atoms with Crippen molar-refractivity contribution < 1.29 is 37.7 Å². The van der Waals surface area contributed by atoms with Crippen LogP contribution in [0.2, 0.25) is 0 Å². The number of para-hydroxylation sites is 2. The molecule has 0 atom stereocenters. The van der Waals surface area contributed by atoms with Gasteiger partial charge in [0.25, 0.3) is 15.9 Å². The fourth-order valence-electron chi connectivity index (χ4n) is 2.51. The molecule has 3 heterocycles. The zero-order valence-electron chi connectivity index (χ0n) is 28.5. The lowest BCUT2D eigenvalue weighted by Gasteiger charge is -2.17. The smallest absolute Gasteiger partial charge is 0.280 e. The third-order valence-electron chi connectivity index (χ3n) is 4.00. The maximum Gasteiger partial charge on any atom is 0.280 e. The molecule has 0 bridgehead atoms. The van der Waals surface area contributed by atoms with Gasteiger partial charge in [0.05, 0.1) is 25.2 Å². The number of nitrogens with zero attached hydrogens (tertiary/aromatic N) is 4. The van der Waals surface area contributed by atoms with Crippen molar-refractivity contribution in [3.8, 4) is 34.5 Å². The van der Waals surface area contributed by atoms with Crippen molar-refractivity contribution in [3.05, 3.63) is 72.5 Å². The van der Waals surface area contributed by atoms with E-state index in [1.165, 1.54) is 0 Å². The van der Waals surface area contributed by atoms with E-state index >= 15 is 0 Å². The highest BCUT2D eigenvalue weighted by Gasteiger charge is 2.25. The van der Waals surface area contributed by atoms with Crippen LogP contribution in [0, 0.1) is 6.85 Å². The number of ether oxygens (including phenoxy) is 3. The Morgan fingerprint density at radius 1 is 1.00 bits per heavy atom. The number of hydrogen-bond acceptors (Lipinski definition) is 9. The van der Waals surface area contributed by atoms with Crippen LogP contribution < -0.4 is 18.9 Å². The number of rotatable bonds is 8. The molecule has 0 spiro atoms. The summed E-state index contributed by atoms with van der Waals surface area (Å²) in [6, 6.07) is -2.18. The normalized spacial score (nSPS) is 16.0. The van der Waals surface area contributed by atoms with Gasteiger partial charge in [-0.05, 0) is 42.7 Å². The van der Waals surface area contributed by atoms with Crippen molar-refractivity contribution in [2.75, 3.05) is 18.9 Å². The van der Waals surface area contributed by atoms with E-state index in [-0.39, 0.29) is 5.56 Å². The largest absolute Gasteiger partial charge is 0.493 e. The van der Waals surface area contributed by atoms with E-state index in [9.17, 15) is 8.42 Å². The molecule has 174 valence electrons. The Bertz CT molecular complexity index is 1900. The van der Waals surface area contributed by atoms with Gasteiger partial charge in [-0.2, -0.15) is 13.4 Å². The van der Waals surface area contributed by atoms with Gasteiger partial charge in [0, 0.05) is 28.2 Å². The molecule has 0 unspecified atom stereocenters. The maximum atomic E-state index is 13.4. The van der Waals surface area contributed by atoms with Crippen molar-refractivity contribution in [1.82, 2.24) is 19.9 Å². The molecular formula is C23H21N5O5S. The van der Waals surface area contributed by atoms with Crippen LogP contribution in [-0.2, 0) is 10.0 Å². The fraction of sp³-hybridized carbons (Fsp3) is 0.130. The first-order chi connectivity index (χ1) is 20.9. The summed E-state index contributed by atoms with van der Waals surface area (Å²) in [6.07, 6.45) is -0.587. The number of aromatic nitrogens is 4. The van der Waals surface area contributed by atoms with Crippen LogP contribution in [0.25, 0.3) is 11.4 Å². The molecule has 1 N–H and O–H groups in total. The van der Waals surface area contributed by atoms with E-state index in [0.29, 0.717) is 0 Å². The second-order valence-corrected chi connectivity index (χ2v) is 7.78. The molecular weight excluding hydrogens is 458 g/mol. The Morgan fingerprint density at radius 2 is 1.76 bits per heavy atom. The van der Waals surface area contributed by atoms with Crippen molar-refractivity contribution in [2.24, 2.45) is 0 Å². The lowest BCUT2D eigenvalue weighted by molar-refractivity contribution is 0.348. The minimum absolute atomic E-state index is 0.247. The van der Waals surface area contributed by atoms with Gasteiger partial charge in [-0.3, -0.25) is 9.71 Å². The van der Waals surface area contributed by atoms with Crippen molar-refractivity contribution in [1.29, 1.82) is 0 Å². The Labute approximate surface area is 212 Å². The van der Waals surface area contributed by atoms with Crippen LogP contribution in [0.5, 0.6) is 23.1 Å².